The van der Waals surface area contributed by atoms with Crippen LogP contribution in [0.2, 0.25) is 5.02 Å². The molecule has 0 fully saturated rings. The third-order valence-electron chi connectivity index (χ3n) is 7.75. The summed E-state index contributed by atoms with van der Waals surface area (Å²) in [5, 5.41) is 3.56. The first-order valence-corrected chi connectivity index (χ1v) is 17.3. The Morgan fingerprint density at radius 3 is 2.04 bits per heavy atom. The number of nitrogens with one attached hydrogen (secondary N) is 1. The molecule has 0 saturated heterocycles. The molecular weight excluding hydrogens is 618 g/mol. The zero-order chi connectivity index (χ0) is 33.3. The number of sulfonamides is 1. The van der Waals surface area contributed by atoms with Gasteiger partial charge in [-0.05, 0) is 85.8 Å². The molecule has 0 aliphatic carbocycles. The zero-order valence-corrected chi connectivity index (χ0v) is 28.4. The van der Waals surface area contributed by atoms with E-state index in [9.17, 15) is 18.0 Å². The summed E-state index contributed by atoms with van der Waals surface area (Å²) >= 11 is 6.16. The first-order chi connectivity index (χ1) is 22.0. The Balaban J connectivity index is 1.81. The van der Waals surface area contributed by atoms with Gasteiger partial charge in [-0.3, -0.25) is 13.9 Å². The second-order valence-electron chi connectivity index (χ2n) is 11.7. The lowest BCUT2D eigenvalue weighted by Crippen LogP contribution is -2.53. The maximum absolute atomic E-state index is 14.6. The van der Waals surface area contributed by atoms with Gasteiger partial charge >= 0.3 is 0 Å². The number of nitrogens with zero attached hydrogens (tertiary/aromatic N) is 2. The van der Waals surface area contributed by atoms with Gasteiger partial charge in [0.2, 0.25) is 11.8 Å². The van der Waals surface area contributed by atoms with Crippen molar-refractivity contribution in [3.8, 4) is 0 Å². The number of halogens is 1. The van der Waals surface area contributed by atoms with Crippen LogP contribution in [0.5, 0.6) is 0 Å². The first-order valence-electron chi connectivity index (χ1n) is 15.5. The maximum Gasteiger partial charge on any atom is 0.264 e. The Kier molecular flexibility index (Phi) is 12.0. The van der Waals surface area contributed by atoms with E-state index in [0.717, 1.165) is 45.0 Å². The fraction of sp³-hybridized carbons (Fsp3) is 0.297. The second kappa shape index (κ2) is 15.9. The largest absolute Gasteiger partial charge is 0.354 e. The van der Waals surface area contributed by atoms with Crippen molar-refractivity contribution in [2.75, 3.05) is 17.4 Å². The van der Waals surface area contributed by atoms with Gasteiger partial charge in [-0.1, -0.05) is 91.2 Å². The summed E-state index contributed by atoms with van der Waals surface area (Å²) in [7, 11) is -4.17. The van der Waals surface area contributed by atoms with Crippen molar-refractivity contribution in [1.29, 1.82) is 0 Å². The van der Waals surface area contributed by atoms with Gasteiger partial charge in [-0.25, -0.2) is 8.42 Å². The van der Waals surface area contributed by atoms with Crippen LogP contribution in [0, 0.1) is 20.8 Å². The summed E-state index contributed by atoms with van der Waals surface area (Å²) in [4.78, 5) is 30.0. The standard InChI is InChI=1S/C37H42ClN3O4S/c1-5-6-20-39-37(43)35(24-30-10-8-7-9-11-30)40(25-31-14-16-32(38)17-15-31)36(42)26-41(33-22-28(3)21-29(4)23-33)46(44,45)34-18-12-27(2)13-19-34/h7-19,21-23,35H,5-6,20,24-26H2,1-4H3,(H,39,43)/t35-/m0/s1. The van der Waals surface area contributed by atoms with Crippen LogP contribution in [-0.2, 0) is 32.6 Å². The lowest BCUT2D eigenvalue weighted by molar-refractivity contribution is -0.140. The van der Waals surface area contributed by atoms with Gasteiger partial charge in [-0.15, -0.1) is 0 Å². The quantitative estimate of drug-likeness (QED) is 0.148. The summed E-state index contributed by atoms with van der Waals surface area (Å²) in [6.07, 6.45) is 1.95. The minimum atomic E-state index is -4.17. The van der Waals surface area contributed by atoms with Crippen molar-refractivity contribution < 1.29 is 18.0 Å². The number of anilines is 1. The van der Waals surface area contributed by atoms with Crippen LogP contribution in [0.3, 0.4) is 0 Å². The van der Waals surface area contributed by atoms with Crippen LogP contribution >= 0.6 is 11.6 Å². The number of amides is 2. The van der Waals surface area contributed by atoms with Crippen LogP contribution in [0.25, 0.3) is 0 Å². The third-order valence-corrected chi connectivity index (χ3v) is 9.79. The van der Waals surface area contributed by atoms with Crippen LogP contribution in [-0.4, -0.2) is 44.3 Å². The van der Waals surface area contributed by atoms with Crippen molar-refractivity contribution in [3.63, 3.8) is 0 Å². The number of carbonyl (C=O) groups is 2. The van der Waals surface area contributed by atoms with Gasteiger partial charge in [0.05, 0.1) is 10.6 Å². The lowest BCUT2D eigenvalue weighted by Gasteiger charge is -2.34. The monoisotopic (exact) mass is 659 g/mol. The highest BCUT2D eigenvalue weighted by molar-refractivity contribution is 7.92. The highest BCUT2D eigenvalue weighted by Gasteiger charge is 2.34. The molecule has 46 heavy (non-hydrogen) atoms. The van der Waals surface area contributed by atoms with E-state index in [4.69, 9.17) is 11.6 Å². The average Bonchev–Trinajstić information content (AvgIpc) is 3.02. The Morgan fingerprint density at radius 2 is 1.43 bits per heavy atom. The molecule has 0 spiro atoms. The van der Waals surface area contributed by atoms with Gasteiger partial charge in [0.25, 0.3) is 10.0 Å². The zero-order valence-electron chi connectivity index (χ0n) is 26.9. The number of benzene rings is 4. The molecule has 4 aromatic rings. The molecular formula is C37H42ClN3O4S. The molecule has 4 rings (SSSR count). The molecule has 0 unspecified atom stereocenters. The van der Waals surface area contributed by atoms with E-state index in [1.807, 2.05) is 76.2 Å². The Labute approximate surface area is 278 Å². The molecule has 0 aliphatic heterocycles. The van der Waals surface area contributed by atoms with E-state index in [-0.39, 0.29) is 23.8 Å². The summed E-state index contributed by atoms with van der Waals surface area (Å²) in [5.74, 6) is -0.796. The topological polar surface area (TPSA) is 86.8 Å². The molecule has 0 aliphatic rings. The molecule has 2 amide bonds. The first kappa shape index (κ1) is 34.7. The molecule has 0 saturated carbocycles. The van der Waals surface area contributed by atoms with E-state index in [0.29, 0.717) is 17.3 Å². The van der Waals surface area contributed by atoms with Crippen molar-refractivity contribution >= 4 is 39.1 Å². The fourth-order valence-corrected chi connectivity index (χ4v) is 6.83. The molecule has 0 heterocycles. The molecule has 242 valence electrons. The summed E-state index contributed by atoms with van der Waals surface area (Å²) < 4.78 is 29.7. The third kappa shape index (κ3) is 9.21. The van der Waals surface area contributed by atoms with Gasteiger partial charge in [0.15, 0.2) is 0 Å². The molecule has 0 bridgehead atoms. The number of hydrogen-bond acceptors (Lipinski definition) is 4. The Hall–Kier alpha value is -4.14. The smallest absolute Gasteiger partial charge is 0.264 e. The Morgan fingerprint density at radius 1 is 0.804 bits per heavy atom. The van der Waals surface area contributed by atoms with Gasteiger partial charge < -0.3 is 10.2 Å². The molecule has 7 nitrogen and oxygen atoms in total. The fourth-order valence-electron chi connectivity index (χ4n) is 5.31. The van der Waals surface area contributed by atoms with Crippen molar-refractivity contribution in [2.24, 2.45) is 0 Å². The summed E-state index contributed by atoms with van der Waals surface area (Å²) in [5.41, 5.74) is 4.66. The lowest BCUT2D eigenvalue weighted by atomic mass is 10.0. The molecule has 9 heteroatoms. The van der Waals surface area contributed by atoms with Gasteiger partial charge in [0, 0.05) is 24.5 Å². The highest BCUT2D eigenvalue weighted by Crippen LogP contribution is 2.27. The predicted octanol–water partition coefficient (Wildman–Crippen LogP) is 7.02. The second-order valence-corrected chi connectivity index (χ2v) is 14.0. The number of unbranched alkanes of at least 4 members (excludes halogenated alkanes) is 1. The van der Waals surface area contributed by atoms with Crippen molar-refractivity contribution in [2.45, 2.75) is 64.4 Å². The molecule has 1 atom stereocenters. The van der Waals surface area contributed by atoms with E-state index in [1.165, 1.54) is 4.90 Å². The van der Waals surface area contributed by atoms with Gasteiger partial charge in [0.1, 0.15) is 12.6 Å². The van der Waals surface area contributed by atoms with E-state index < -0.39 is 28.5 Å². The van der Waals surface area contributed by atoms with Crippen molar-refractivity contribution in [1.82, 2.24) is 10.2 Å². The molecule has 1 N–H and O–H groups in total. The summed E-state index contributed by atoms with van der Waals surface area (Å²) in [6.45, 7) is 7.76. The number of aryl methyl sites for hydroxylation is 3. The summed E-state index contributed by atoms with van der Waals surface area (Å²) in [6, 6.07) is 27.7. The molecule has 0 radical (unpaired) electrons. The average molecular weight is 660 g/mol. The minimum absolute atomic E-state index is 0.0763. The van der Waals surface area contributed by atoms with Crippen molar-refractivity contribution in [3.05, 3.63) is 130 Å². The number of hydrogen-bond donors (Lipinski definition) is 1. The maximum atomic E-state index is 14.6. The number of carbonyl (C=O) groups excluding carboxylic acids is 2. The highest BCUT2D eigenvalue weighted by atomic mass is 35.5. The number of rotatable bonds is 14. The van der Waals surface area contributed by atoms with E-state index in [1.54, 1.807) is 48.5 Å². The van der Waals surface area contributed by atoms with Crippen LogP contribution < -0.4 is 9.62 Å². The molecule has 0 aromatic heterocycles. The predicted molar refractivity (Wildman–Crippen MR) is 185 cm³/mol. The minimum Gasteiger partial charge on any atom is -0.354 e. The van der Waals surface area contributed by atoms with Gasteiger partial charge in [-0.2, -0.15) is 0 Å². The van der Waals surface area contributed by atoms with E-state index in [2.05, 4.69) is 5.32 Å². The van der Waals surface area contributed by atoms with Crippen LogP contribution in [0.4, 0.5) is 5.69 Å². The van der Waals surface area contributed by atoms with E-state index >= 15 is 0 Å². The SMILES string of the molecule is CCCCNC(=O)[C@H](Cc1ccccc1)N(Cc1ccc(Cl)cc1)C(=O)CN(c1cc(C)cc(C)c1)S(=O)(=O)c1ccc(C)cc1. The van der Waals surface area contributed by atoms with Crippen LogP contribution in [0.1, 0.15) is 47.6 Å². The molecule has 4 aromatic carbocycles. The Bertz CT molecular complexity index is 1710. The van der Waals surface area contributed by atoms with Crippen LogP contribution in [0.15, 0.2) is 102 Å². The normalized spacial score (nSPS) is 11.9.